The van der Waals surface area contributed by atoms with Crippen LogP contribution < -0.4 is 0 Å². The Hall–Kier alpha value is -4.70. The third-order valence-corrected chi connectivity index (χ3v) is 4.63. The van der Waals surface area contributed by atoms with Crippen molar-refractivity contribution in [1.82, 2.24) is 0 Å². The third kappa shape index (κ3) is 3.91. The van der Waals surface area contributed by atoms with Crippen molar-refractivity contribution in [3.8, 4) is 34.3 Å². The lowest BCUT2D eigenvalue weighted by molar-refractivity contribution is -0.385. The van der Waals surface area contributed by atoms with Crippen LogP contribution in [0.3, 0.4) is 0 Å². The van der Waals surface area contributed by atoms with Crippen molar-refractivity contribution >= 4 is 17.8 Å². The van der Waals surface area contributed by atoms with Gasteiger partial charge in [0.05, 0.1) is 4.92 Å². The molecule has 0 bridgehead atoms. The molecule has 0 aliphatic heterocycles. The highest BCUT2D eigenvalue weighted by atomic mass is 16.6. The second kappa shape index (κ2) is 8.35. The number of furan rings is 1. The Morgan fingerprint density at radius 3 is 2.26 bits per heavy atom. The van der Waals surface area contributed by atoms with Gasteiger partial charge in [0.1, 0.15) is 17.4 Å². The van der Waals surface area contributed by atoms with E-state index in [-0.39, 0.29) is 11.4 Å². The van der Waals surface area contributed by atoms with E-state index in [4.69, 9.17) is 4.42 Å². The van der Waals surface area contributed by atoms with E-state index < -0.39 is 16.4 Å². The minimum atomic E-state index is -0.679. The molecule has 7 heteroatoms. The molecule has 0 fully saturated rings. The van der Waals surface area contributed by atoms with E-state index in [2.05, 4.69) is 11.1 Å². The van der Waals surface area contributed by atoms with Crippen LogP contribution in [0.1, 0.15) is 11.1 Å². The lowest BCUT2D eigenvalue weighted by atomic mass is 9.98. The predicted molar refractivity (Wildman–Crippen MR) is 116 cm³/mol. The van der Waals surface area contributed by atoms with Crippen LogP contribution in [0.4, 0.5) is 11.6 Å². The SMILES string of the molecule is N#Cc1c(N=Cc2ccc(O)c([N+](=O)[O-])c2)oc(-c2ccccc2)c1-c1ccccc1. The zero-order valence-electron chi connectivity index (χ0n) is 16.1. The van der Waals surface area contributed by atoms with Crippen molar-refractivity contribution in [1.29, 1.82) is 5.26 Å². The van der Waals surface area contributed by atoms with E-state index in [1.165, 1.54) is 24.4 Å². The molecule has 0 spiro atoms. The fourth-order valence-corrected chi connectivity index (χ4v) is 3.19. The van der Waals surface area contributed by atoms with Gasteiger partial charge < -0.3 is 9.52 Å². The molecule has 1 aromatic heterocycles. The van der Waals surface area contributed by atoms with E-state index in [1.807, 2.05) is 60.7 Å². The van der Waals surface area contributed by atoms with Gasteiger partial charge in [0.15, 0.2) is 5.75 Å². The summed E-state index contributed by atoms with van der Waals surface area (Å²) in [5.41, 5.74) is 2.43. The predicted octanol–water partition coefficient (Wildman–Crippen LogP) is 5.85. The Balaban J connectivity index is 1.85. The number of rotatable bonds is 5. The molecular weight excluding hydrogens is 394 g/mol. The Kier molecular flexibility index (Phi) is 5.28. The van der Waals surface area contributed by atoms with Gasteiger partial charge in [-0.15, -0.1) is 0 Å². The first-order chi connectivity index (χ1) is 15.1. The highest BCUT2D eigenvalue weighted by Crippen LogP contribution is 2.42. The number of nitriles is 1. The van der Waals surface area contributed by atoms with Gasteiger partial charge in [-0.05, 0) is 23.3 Å². The van der Waals surface area contributed by atoms with Crippen LogP contribution in [0.5, 0.6) is 5.75 Å². The number of benzene rings is 3. The fraction of sp³-hybridized carbons (Fsp3) is 0. The van der Waals surface area contributed by atoms with Gasteiger partial charge >= 0.3 is 5.69 Å². The van der Waals surface area contributed by atoms with Crippen LogP contribution in [0.15, 0.2) is 88.3 Å². The molecule has 4 aromatic rings. The Morgan fingerprint density at radius 1 is 1.00 bits per heavy atom. The number of nitro groups is 1. The standard InChI is InChI=1S/C24H15N3O4/c25-14-19-22(17-7-3-1-4-8-17)23(18-9-5-2-6-10-18)31-24(19)26-15-16-11-12-21(28)20(13-16)27(29)30/h1-13,15,28H. The number of aliphatic imine (C=N–C) groups is 1. The second-order valence-electron chi connectivity index (χ2n) is 6.59. The molecule has 0 aliphatic rings. The number of nitrogens with zero attached hydrogens (tertiary/aromatic N) is 3. The summed E-state index contributed by atoms with van der Waals surface area (Å²) in [6.07, 6.45) is 1.36. The molecular formula is C24H15N3O4. The van der Waals surface area contributed by atoms with Gasteiger partial charge in [0, 0.05) is 23.4 Å². The average Bonchev–Trinajstić information content (AvgIpc) is 3.18. The van der Waals surface area contributed by atoms with Crippen LogP contribution >= 0.6 is 0 Å². The molecule has 4 rings (SSSR count). The van der Waals surface area contributed by atoms with Gasteiger partial charge in [-0.2, -0.15) is 5.26 Å². The first-order valence-electron chi connectivity index (χ1n) is 9.27. The van der Waals surface area contributed by atoms with Crippen molar-refractivity contribution in [2.24, 2.45) is 4.99 Å². The van der Waals surface area contributed by atoms with Crippen LogP contribution in [0.25, 0.3) is 22.5 Å². The maximum atomic E-state index is 11.0. The van der Waals surface area contributed by atoms with Crippen LogP contribution in [0.2, 0.25) is 0 Å². The van der Waals surface area contributed by atoms with Crippen molar-refractivity contribution in [2.45, 2.75) is 0 Å². The zero-order chi connectivity index (χ0) is 21.8. The summed E-state index contributed by atoms with van der Waals surface area (Å²) in [7, 11) is 0. The third-order valence-electron chi connectivity index (χ3n) is 4.63. The lowest BCUT2D eigenvalue weighted by Crippen LogP contribution is -1.90. The Bertz CT molecular complexity index is 1320. The molecule has 0 atom stereocenters. The monoisotopic (exact) mass is 409 g/mol. The van der Waals surface area contributed by atoms with E-state index in [9.17, 15) is 20.5 Å². The highest BCUT2D eigenvalue weighted by Gasteiger charge is 2.22. The fourth-order valence-electron chi connectivity index (χ4n) is 3.19. The van der Waals surface area contributed by atoms with Crippen LogP contribution in [-0.4, -0.2) is 16.2 Å². The average molecular weight is 409 g/mol. The number of phenolic OH excluding ortho intramolecular Hbond substituents is 1. The van der Waals surface area contributed by atoms with Gasteiger partial charge in [0.2, 0.25) is 5.88 Å². The number of phenols is 1. The van der Waals surface area contributed by atoms with Crippen molar-refractivity contribution in [2.75, 3.05) is 0 Å². The smallest absolute Gasteiger partial charge is 0.311 e. The largest absolute Gasteiger partial charge is 0.502 e. The van der Waals surface area contributed by atoms with E-state index >= 15 is 0 Å². The van der Waals surface area contributed by atoms with Gasteiger partial charge in [-0.3, -0.25) is 10.1 Å². The van der Waals surface area contributed by atoms with Crippen LogP contribution in [0, 0.1) is 21.4 Å². The summed E-state index contributed by atoms with van der Waals surface area (Å²) in [4.78, 5) is 14.7. The molecule has 150 valence electrons. The van der Waals surface area contributed by atoms with E-state index in [0.717, 1.165) is 11.1 Å². The summed E-state index contributed by atoms with van der Waals surface area (Å²) < 4.78 is 6.00. The molecule has 0 unspecified atom stereocenters. The molecule has 1 N–H and O–H groups in total. The van der Waals surface area contributed by atoms with E-state index in [0.29, 0.717) is 16.9 Å². The Morgan fingerprint density at radius 2 is 1.65 bits per heavy atom. The summed E-state index contributed by atoms with van der Waals surface area (Å²) in [6.45, 7) is 0. The summed E-state index contributed by atoms with van der Waals surface area (Å²) in [6, 6.07) is 24.9. The Labute approximate surface area is 177 Å². The second-order valence-corrected chi connectivity index (χ2v) is 6.59. The quantitative estimate of drug-likeness (QED) is 0.252. The zero-order valence-corrected chi connectivity index (χ0v) is 16.1. The molecule has 0 saturated carbocycles. The minimum absolute atomic E-state index is 0.0935. The number of hydrogen-bond donors (Lipinski definition) is 1. The van der Waals surface area contributed by atoms with E-state index in [1.54, 1.807) is 0 Å². The molecule has 3 aromatic carbocycles. The van der Waals surface area contributed by atoms with Crippen molar-refractivity contribution in [3.05, 3.63) is 100 Å². The molecule has 0 aliphatic carbocycles. The molecule has 0 saturated heterocycles. The van der Waals surface area contributed by atoms with Crippen molar-refractivity contribution < 1.29 is 14.4 Å². The van der Waals surface area contributed by atoms with Gasteiger partial charge in [-0.1, -0.05) is 60.7 Å². The topological polar surface area (TPSA) is 113 Å². The summed E-state index contributed by atoms with van der Waals surface area (Å²) >= 11 is 0. The number of aromatic hydroxyl groups is 1. The summed E-state index contributed by atoms with van der Waals surface area (Å²) in [5.74, 6) is 0.165. The lowest BCUT2D eigenvalue weighted by Gasteiger charge is -2.03. The minimum Gasteiger partial charge on any atom is -0.502 e. The normalized spacial score (nSPS) is 10.8. The number of nitro benzene ring substituents is 1. The summed E-state index contributed by atoms with van der Waals surface area (Å²) in [5, 5.41) is 30.5. The molecule has 0 radical (unpaired) electrons. The van der Waals surface area contributed by atoms with Gasteiger partial charge in [0.25, 0.3) is 0 Å². The first-order valence-corrected chi connectivity index (χ1v) is 9.27. The molecule has 0 amide bonds. The maximum absolute atomic E-state index is 11.0. The molecule has 7 nitrogen and oxygen atoms in total. The highest BCUT2D eigenvalue weighted by molar-refractivity contribution is 5.90. The first kappa shape index (κ1) is 19.6. The van der Waals surface area contributed by atoms with Crippen molar-refractivity contribution in [3.63, 3.8) is 0 Å². The van der Waals surface area contributed by atoms with Gasteiger partial charge in [-0.25, -0.2) is 4.99 Å². The molecule has 1 heterocycles. The number of hydrogen-bond acceptors (Lipinski definition) is 6. The molecule has 31 heavy (non-hydrogen) atoms. The van der Waals surface area contributed by atoms with Crippen LogP contribution in [-0.2, 0) is 0 Å². The maximum Gasteiger partial charge on any atom is 0.311 e.